The van der Waals surface area contributed by atoms with E-state index in [1.54, 1.807) is 19.1 Å². The number of carbonyl (C=O) groups excluding carboxylic acids is 3. The van der Waals surface area contributed by atoms with E-state index in [4.69, 9.17) is 7.85 Å². The van der Waals surface area contributed by atoms with Gasteiger partial charge in [-0.3, -0.25) is 9.59 Å². The fraction of sp³-hybridized carbons (Fsp3) is 0.471. The first-order valence-corrected chi connectivity index (χ1v) is 7.99. The minimum Gasteiger partial charge on any atom is -0.300 e. The molecule has 2 radical (unpaired) electrons. The molecule has 0 atom stereocenters. The molecule has 3 nitrogen and oxygen atoms in total. The van der Waals surface area contributed by atoms with Gasteiger partial charge in [-0.1, -0.05) is 51.2 Å². The Hall–Kier alpha value is -1.36. The second kappa shape index (κ2) is 12.2. The van der Waals surface area contributed by atoms with Gasteiger partial charge in [0.05, 0.1) is 7.85 Å². The van der Waals surface area contributed by atoms with Crippen molar-refractivity contribution in [1.82, 2.24) is 0 Å². The van der Waals surface area contributed by atoms with Gasteiger partial charge in [0.15, 0.2) is 0 Å². The molecule has 1 aromatic rings. The first kappa shape index (κ1) is 22.9. The molecule has 0 heterocycles. The van der Waals surface area contributed by atoms with Crippen LogP contribution in [0.15, 0.2) is 35.2 Å². The van der Waals surface area contributed by atoms with Crippen molar-refractivity contribution in [1.29, 1.82) is 0 Å². The third-order valence-corrected chi connectivity index (χ3v) is 2.93. The maximum atomic E-state index is 10.9. The van der Waals surface area contributed by atoms with Crippen molar-refractivity contribution in [2.45, 2.75) is 58.2 Å². The molecule has 0 saturated carbocycles. The first-order valence-electron chi connectivity index (χ1n) is 7.18. The summed E-state index contributed by atoms with van der Waals surface area (Å²) in [7, 11) is 5.52. The summed E-state index contributed by atoms with van der Waals surface area (Å²) < 4.78 is 0. The predicted octanol–water partition coefficient (Wildman–Crippen LogP) is 4.25. The summed E-state index contributed by atoms with van der Waals surface area (Å²) >= 11 is 0.963. The van der Waals surface area contributed by atoms with Gasteiger partial charge in [-0.15, -0.1) is 0 Å². The van der Waals surface area contributed by atoms with Crippen LogP contribution in [0.4, 0.5) is 0 Å². The van der Waals surface area contributed by atoms with Crippen molar-refractivity contribution in [3.8, 4) is 0 Å². The van der Waals surface area contributed by atoms with E-state index in [-0.39, 0.29) is 11.1 Å². The van der Waals surface area contributed by atoms with Crippen molar-refractivity contribution in [3.63, 3.8) is 0 Å². The highest BCUT2D eigenvalue weighted by molar-refractivity contribution is 8.15. The molecule has 5 heteroatoms. The maximum absolute atomic E-state index is 10.9. The highest BCUT2D eigenvalue weighted by atomic mass is 32.2. The van der Waals surface area contributed by atoms with Crippen LogP contribution in [0.25, 0.3) is 0 Å². The van der Waals surface area contributed by atoms with Crippen LogP contribution < -0.4 is 0 Å². The highest BCUT2D eigenvalue weighted by Gasteiger charge is 2.11. The van der Waals surface area contributed by atoms with Gasteiger partial charge in [-0.2, -0.15) is 0 Å². The molecule has 0 fully saturated rings. The second-order valence-corrected chi connectivity index (χ2v) is 6.17. The molecule has 120 valence electrons. The summed E-state index contributed by atoms with van der Waals surface area (Å²) in [6.45, 7) is 10.5. The normalized spacial score (nSPS) is 9.55. The van der Waals surface area contributed by atoms with Gasteiger partial charge >= 0.3 is 0 Å². The number of benzene rings is 1. The average molecular weight is 320 g/mol. The van der Waals surface area contributed by atoms with Gasteiger partial charge < -0.3 is 4.79 Å². The Kier molecular flexibility index (Phi) is 12.7. The number of ketones is 2. The lowest BCUT2D eigenvalue weighted by Gasteiger charge is -2.14. The largest absolute Gasteiger partial charge is 0.300 e. The zero-order chi connectivity index (χ0) is 17.8. The summed E-state index contributed by atoms with van der Waals surface area (Å²) in [5.41, 5.74) is 0. The number of hydrogen-bond donors (Lipinski definition) is 0. The fourth-order valence-corrected chi connectivity index (χ4v) is 1.96. The van der Waals surface area contributed by atoms with E-state index in [1.165, 1.54) is 6.92 Å². The Morgan fingerprint density at radius 1 is 1.05 bits per heavy atom. The smallest absolute Gasteiger partial charge is 0.259 e. The molecule has 0 aliphatic heterocycles. The van der Waals surface area contributed by atoms with E-state index in [0.717, 1.165) is 16.7 Å². The molecular formula is C17H25BO3S. The summed E-state index contributed by atoms with van der Waals surface area (Å²) in [6, 6.07) is 9.12. The van der Waals surface area contributed by atoms with Crippen LogP contribution in [0.1, 0.15) is 48.0 Å². The third-order valence-electron chi connectivity index (χ3n) is 1.95. The monoisotopic (exact) mass is 320 g/mol. The highest BCUT2D eigenvalue weighted by Crippen LogP contribution is 2.22. The molecule has 0 aliphatic rings. The van der Waals surface area contributed by atoms with Gasteiger partial charge in [-0.25, -0.2) is 0 Å². The molecule has 22 heavy (non-hydrogen) atoms. The molecule has 0 spiro atoms. The van der Waals surface area contributed by atoms with Gasteiger partial charge in [0.1, 0.15) is 5.78 Å². The van der Waals surface area contributed by atoms with Crippen LogP contribution in [0, 0.1) is 0 Å². The molecule has 0 bridgehead atoms. The molecule has 0 aromatic heterocycles. The van der Waals surface area contributed by atoms with Gasteiger partial charge in [0, 0.05) is 18.2 Å². The second-order valence-electron chi connectivity index (χ2n) is 5.13. The summed E-state index contributed by atoms with van der Waals surface area (Å²) in [5.74, 6) is -0.263. The molecule has 0 N–H and O–H groups in total. The standard InChI is InChI=1S/C9H8O2S.C6H11BO.C2H6/c1-7(10)9(11)12-8-5-3-2-4-6-8;1-5(8)4-6(2,3)7;1-2/h2-6H,1H3;4H2,1-3H3;1-2H3. The first-order chi connectivity index (χ1) is 10.1. The van der Waals surface area contributed by atoms with Crippen molar-refractivity contribution in [2.24, 2.45) is 0 Å². The van der Waals surface area contributed by atoms with Gasteiger partial charge in [0.25, 0.3) is 5.12 Å². The minimum atomic E-state index is -0.416. The SMILES string of the molecule is CC.CC(=O)C(=O)Sc1ccccc1.[B]C(C)(C)CC(C)=O. The van der Waals surface area contributed by atoms with Crippen molar-refractivity contribution in [3.05, 3.63) is 30.3 Å². The number of rotatable bonds is 4. The predicted molar refractivity (Wildman–Crippen MR) is 94.4 cm³/mol. The van der Waals surface area contributed by atoms with Crippen molar-refractivity contribution < 1.29 is 14.4 Å². The van der Waals surface area contributed by atoms with Crippen molar-refractivity contribution in [2.75, 3.05) is 0 Å². The fourth-order valence-electron chi connectivity index (χ4n) is 1.31. The zero-order valence-electron chi connectivity index (χ0n) is 14.3. The van der Waals surface area contributed by atoms with Crippen LogP contribution in [-0.4, -0.2) is 24.5 Å². The summed E-state index contributed by atoms with van der Waals surface area (Å²) in [6.07, 6.45) is 0.465. The van der Waals surface area contributed by atoms with E-state index in [1.807, 2.05) is 45.9 Å². The number of carbonyl (C=O) groups is 3. The topological polar surface area (TPSA) is 51.2 Å². The summed E-state index contributed by atoms with van der Waals surface area (Å²) in [5, 5.41) is -0.743. The third kappa shape index (κ3) is 15.0. The Balaban J connectivity index is 0. The van der Waals surface area contributed by atoms with Crippen LogP contribution in [0.5, 0.6) is 0 Å². The van der Waals surface area contributed by atoms with Crippen molar-refractivity contribution >= 4 is 36.3 Å². The minimum absolute atomic E-state index is 0.150. The molecule has 1 aromatic carbocycles. The molecule has 1 rings (SSSR count). The Morgan fingerprint density at radius 3 is 1.77 bits per heavy atom. The maximum Gasteiger partial charge on any atom is 0.259 e. The van der Waals surface area contributed by atoms with Crippen LogP contribution in [0.2, 0.25) is 5.31 Å². The number of hydrogen-bond acceptors (Lipinski definition) is 4. The van der Waals surface area contributed by atoms with E-state index in [0.29, 0.717) is 6.42 Å². The quantitative estimate of drug-likeness (QED) is 0.473. The van der Waals surface area contributed by atoms with Gasteiger partial charge in [-0.05, 0) is 30.8 Å². The Morgan fingerprint density at radius 2 is 1.50 bits per heavy atom. The molecule has 0 aliphatic carbocycles. The van der Waals surface area contributed by atoms with Gasteiger partial charge in [0.2, 0.25) is 5.78 Å². The summed E-state index contributed by atoms with van der Waals surface area (Å²) in [4.78, 5) is 32.7. The van der Waals surface area contributed by atoms with E-state index in [2.05, 4.69) is 0 Å². The van der Waals surface area contributed by atoms with Crippen LogP contribution >= 0.6 is 11.8 Å². The van der Waals surface area contributed by atoms with E-state index in [9.17, 15) is 14.4 Å². The lowest BCUT2D eigenvalue weighted by Crippen LogP contribution is -2.06. The Bertz CT molecular complexity index is 465. The lowest BCUT2D eigenvalue weighted by molar-refractivity contribution is -0.130. The molecular weight excluding hydrogens is 295 g/mol. The van der Waals surface area contributed by atoms with E-state index < -0.39 is 10.9 Å². The van der Waals surface area contributed by atoms with Crippen LogP contribution in [-0.2, 0) is 14.4 Å². The van der Waals surface area contributed by atoms with Crippen LogP contribution in [0.3, 0.4) is 0 Å². The zero-order valence-corrected chi connectivity index (χ0v) is 15.1. The Labute approximate surface area is 139 Å². The number of Topliss-reactive ketones (excluding diaryl/α,β-unsaturated/α-hetero) is 2. The molecule has 0 saturated heterocycles. The number of thioether (sulfide) groups is 1. The molecule has 0 amide bonds. The lowest BCUT2D eigenvalue weighted by atomic mass is 9.69. The van der Waals surface area contributed by atoms with E-state index >= 15 is 0 Å². The average Bonchev–Trinajstić information content (AvgIpc) is 2.40. The molecule has 0 unspecified atom stereocenters.